The predicted octanol–water partition coefficient (Wildman–Crippen LogP) is 3.33. The Morgan fingerprint density at radius 2 is 2.05 bits per heavy atom. The fourth-order valence-electron chi connectivity index (χ4n) is 2.76. The number of thiophene rings is 1. The molecule has 3 heteroatoms. The van der Waals surface area contributed by atoms with Gasteiger partial charge in [-0.05, 0) is 36.4 Å². The molecule has 0 saturated carbocycles. The lowest BCUT2D eigenvalue weighted by molar-refractivity contribution is 0.305. The molecule has 0 bridgehead atoms. The highest BCUT2D eigenvalue weighted by Gasteiger charge is 2.25. The first-order valence-electron chi connectivity index (χ1n) is 6.97. The molecule has 0 radical (unpaired) electrons. The van der Waals surface area contributed by atoms with Crippen molar-refractivity contribution in [3.63, 3.8) is 0 Å². The number of rotatable bonds is 4. The molecule has 1 saturated heterocycles. The van der Waals surface area contributed by atoms with Crippen molar-refractivity contribution in [3.8, 4) is 0 Å². The van der Waals surface area contributed by atoms with Gasteiger partial charge in [0.1, 0.15) is 0 Å². The van der Waals surface area contributed by atoms with E-state index in [2.05, 4.69) is 58.5 Å². The molecule has 2 aromatic rings. The van der Waals surface area contributed by atoms with Gasteiger partial charge in [0.25, 0.3) is 0 Å². The van der Waals surface area contributed by atoms with Crippen molar-refractivity contribution in [2.45, 2.75) is 31.5 Å². The van der Waals surface area contributed by atoms with Crippen molar-refractivity contribution in [2.75, 3.05) is 6.54 Å². The molecule has 0 spiro atoms. The Bertz CT molecular complexity index is 481. The second kappa shape index (κ2) is 6.33. The molecule has 0 amide bonds. The summed E-state index contributed by atoms with van der Waals surface area (Å²) in [7, 11) is 0. The lowest BCUT2D eigenvalue weighted by Gasteiger charge is -2.33. The third-order valence-corrected chi connectivity index (χ3v) is 4.61. The van der Waals surface area contributed by atoms with Gasteiger partial charge in [0, 0.05) is 23.5 Å². The van der Waals surface area contributed by atoms with Gasteiger partial charge in [0.15, 0.2) is 0 Å². The summed E-state index contributed by atoms with van der Waals surface area (Å²) in [6.45, 7) is 2.10. The topological polar surface area (TPSA) is 24.1 Å². The van der Waals surface area contributed by atoms with Crippen LogP contribution in [0.2, 0.25) is 0 Å². The Morgan fingerprint density at radius 1 is 1.16 bits per heavy atom. The first-order valence-corrected chi connectivity index (χ1v) is 7.85. The standard InChI is InChI=1S/C16H20N2S/c1-2-6-13(7-3-1)16-15(9-4-10-17-16)18-12-14-8-5-11-19-14/h1-3,5-8,11,15-18H,4,9-10,12H2. The third-order valence-electron chi connectivity index (χ3n) is 3.74. The summed E-state index contributed by atoms with van der Waals surface area (Å²) >= 11 is 1.83. The summed E-state index contributed by atoms with van der Waals surface area (Å²) in [5, 5.41) is 9.52. The highest BCUT2D eigenvalue weighted by Crippen LogP contribution is 2.24. The zero-order valence-corrected chi connectivity index (χ0v) is 11.8. The summed E-state index contributed by atoms with van der Waals surface area (Å²) in [6.07, 6.45) is 2.50. The van der Waals surface area contributed by atoms with Crippen molar-refractivity contribution in [1.82, 2.24) is 10.6 Å². The van der Waals surface area contributed by atoms with Crippen molar-refractivity contribution in [2.24, 2.45) is 0 Å². The fraction of sp³-hybridized carbons (Fsp3) is 0.375. The molecule has 2 N–H and O–H groups in total. The van der Waals surface area contributed by atoms with Gasteiger partial charge in [-0.2, -0.15) is 0 Å². The van der Waals surface area contributed by atoms with E-state index in [0.717, 1.165) is 13.1 Å². The van der Waals surface area contributed by atoms with E-state index in [4.69, 9.17) is 0 Å². The van der Waals surface area contributed by atoms with E-state index >= 15 is 0 Å². The van der Waals surface area contributed by atoms with Gasteiger partial charge >= 0.3 is 0 Å². The molecule has 0 aliphatic carbocycles. The summed E-state index contributed by atoms with van der Waals surface area (Å²) in [5.41, 5.74) is 1.39. The molecule has 2 unspecified atom stereocenters. The Morgan fingerprint density at radius 3 is 2.84 bits per heavy atom. The van der Waals surface area contributed by atoms with Crippen LogP contribution in [-0.4, -0.2) is 12.6 Å². The lowest BCUT2D eigenvalue weighted by atomic mass is 9.92. The van der Waals surface area contributed by atoms with Crippen molar-refractivity contribution in [1.29, 1.82) is 0 Å². The van der Waals surface area contributed by atoms with E-state index in [-0.39, 0.29) is 0 Å². The largest absolute Gasteiger partial charge is 0.309 e. The minimum Gasteiger partial charge on any atom is -0.309 e. The first-order chi connectivity index (χ1) is 9.43. The van der Waals surface area contributed by atoms with Gasteiger partial charge in [0.2, 0.25) is 0 Å². The normalized spacial score (nSPS) is 23.4. The van der Waals surface area contributed by atoms with Crippen LogP contribution in [0.5, 0.6) is 0 Å². The molecule has 1 aliphatic rings. The molecule has 19 heavy (non-hydrogen) atoms. The Labute approximate surface area is 118 Å². The SMILES string of the molecule is c1ccc(C2NCCCC2NCc2cccs2)cc1. The van der Waals surface area contributed by atoms with Gasteiger partial charge in [-0.1, -0.05) is 36.4 Å². The Kier molecular flexibility index (Phi) is 4.28. The van der Waals surface area contributed by atoms with Crippen LogP contribution >= 0.6 is 11.3 Å². The van der Waals surface area contributed by atoms with Crippen LogP contribution in [0.4, 0.5) is 0 Å². The smallest absolute Gasteiger partial charge is 0.0476 e. The van der Waals surface area contributed by atoms with Gasteiger partial charge in [0.05, 0.1) is 0 Å². The molecule has 2 heterocycles. The quantitative estimate of drug-likeness (QED) is 0.892. The second-order valence-corrected chi connectivity index (χ2v) is 6.08. The van der Waals surface area contributed by atoms with E-state index in [0.29, 0.717) is 12.1 Å². The van der Waals surface area contributed by atoms with Crippen LogP contribution in [0.25, 0.3) is 0 Å². The molecule has 3 rings (SSSR count). The van der Waals surface area contributed by atoms with Gasteiger partial charge in [-0.3, -0.25) is 0 Å². The summed E-state index contributed by atoms with van der Waals surface area (Å²) in [6, 6.07) is 16.1. The van der Waals surface area contributed by atoms with Crippen LogP contribution in [0.3, 0.4) is 0 Å². The second-order valence-electron chi connectivity index (χ2n) is 5.05. The highest BCUT2D eigenvalue weighted by molar-refractivity contribution is 7.09. The Balaban J connectivity index is 1.67. The van der Waals surface area contributed by atoms with Crippen LogP contribution in [0.1, 0.15) is 29.3 Å². The van der Waals surface area contributed by atoms with Gasteiger partial charge < -0.3 is 10.6 Å². The van der Waals surface area contributed by atoms with Gasteiger partial charge in [-0.15, -0.1) is 11.3 Å². The van der Waals surface area contributed by atoms with Crippen molar-refractivity contribution >= 4 is 11.3 Å². The first kappa shape index (κ1) is 12.9. The van der Waals surface area contributed by atoms with E-state index in [1.807, 2.05) is 11.3 Å². The van der Waals surface area contributed by atoms with E-state index in [1.165, 1.54) is 23.3 Å². The average molecular weight is 272 g/mol. The predicted molar refractivity (Wildman–Crippen MR) is 81.4 cm³/mol. The monoisotopic (exact) mass is 272 g/mol. The molecule has 100 valence electrons. The van der Waals surface area contributed by atoms with Crippen molar-refractivity contribution < 1.29 is 0 Å². The minimum absolute atomic E-state index is 0.440. The zero-order valence-electron chi connectivity index (χ0n) is 11.0. The number of benzene rings is 1. The average Bonchev–Trinajstić information content (AvgIpc) is 3.00. The summed E-state index contributed by atoms with van der Waals surface area (Å²) in [4.78, 5) is 1.41. The zero-order chi connectivity index (χ0) is 12.9. The maximum absolute atomic E-state index is 3.72. The maximum Gasteiger partial charge on any atom is 0.0476 e. The van der Waals surface area contributed by atoms with Crippen LogP contribution < -0.4 is 10.6 Å². The maximum atomic E-state index is 3.72. The molecule has 1 aromatic heterocycles. The summed E-state index contributed by atoms with van der Waals surface area (Å²) < 4.78 is 0. The summed E-state index contributed by atoms with van der Waals surface area (Å²) in [5.74, 6) is 0. The van der Waals surface area contributed by atoms with E-state index < -0.39 is 0 Å². The third kappa shape index (κ3) is 3.24. The Hall–Kier alpha value is -1.16. The lowest BCUT2D eigenvalue weighted by Crippen LogP contribution is -2.45. The molecule has 1 fully saturated rings. The minimum atomic E-state index is 0.440. The molecule has 2 atom stereocenters. The number of hydrogen-bond acceptors (Lipinski definition) is 3. The van der Waals surface area contributed by atoms with Gasteiger partial charge in [-0.25, -0.2) is 0 Å². The molecular weight excluding hydrogens is 252 g/mol. The number of hydrogen-bond donors (Lipinski definition) is 2. The highest BCUT2D eigenvalue weighted by atomic mass is 32.1. The van der Waals surface area contributed by atoms with Crippen LogP contribution in [0.15, 0.2) is 47.8 Å². The fourth-order valence-corrected chi connectivity index (χ4v) is 3.42. The van der Waals surface area contributed by atoms with E-state index in [9.17, 15) is 0 Å². The van der Waals surface area contributed by atoms with Crippen molar-refractivity contribution in [3.05, 3.63) is 58.3 Å². The van der Waals surface area contributed by atoms with Crippen LogP contribution in [-0.2, 0) is 6.54 Å². The van der Waals surface area contributed by atoms with E-state index in [1.54, 1.807) is 0 Å². The van der Waals surface area contributed by atoms with Crippen LogP contribution in [0, 0.1) is 0 Å². The molecular formula is C16H20N2S. The molecule has 1 aliphatic heterocycles. The molecule has 2 nitrogen and oxygen atoms in total. The molecule has 1 aromatic carbocycles. The number of nitrogens with one attached hydrogen (secondary N) is 2. The number of piperidine rings is 1.